The summed E-state index contributed by atoms with van der Waals surface area (Å²) in [7, 11) is 0. The van der Waals surface area contributed by atoms with E-state index in [1.807, 2.05) is 54.6 Å². The molecule has 0 atom stereocenters. The Morgan fingerprint density at radius 2 is 1.44 bits per heavy atom. The summed E-state index contributed by atoms with van der Waals surface area (Å²) < 4.78 is 47.2. The van der Waals surface area contributed by atoms with Gasteiger partial charge in [0.2, 0.25) is 0 Å². The third kappa shape index (κ3) is 6.73. The Hall–Kier alpha value is -4.27. The number of aromatic nitrogens is 2. The minimum Gasteiger partial charge on any atom is -0.487 e. The lowest BCUT2D eigenvalue weighted by atomic mass is 10.0. The summed E-state index contributed by atoms with van der Waals surface area (Å²) in [5.74, 6) is 0.271. The molecule has 0 aliphatic rings. The maximum absolute atomic E-state index is 13.4. The number of hydrogen-bond donors (Lipinski definition) is 1. The fourth-order valence-electron chi connectivity index (χ4n) is 4.14. The highest BCUT2D eigenvalue weighted by atomic mass is 35.5. The van der Waals surface area contributed by atoms with Crippen LogP contribution in [-0.4, -0.2) is 15.7 Å². The van der Waals surface area contributed by atoms with E-state index in [1.54, 1.807) is 30.3 Å². The lowest BCUT2D eigenvalue weighted by molar-refractivity contribution is -0.141. The minimum atomic E-state index is -4.66. The van der Waals surface area contributed by atoms with E-state index in [4.69, 9.17) is 27.9 Å². The molecule has 0 bridgehead atoms. The van der Waals surface area contributed by atoms with Crippen molar-refractivity contribution < 1.29 is 22.7 Å². The number of nitrogens with zero attached hydrogens (tertiary/aromatic N) is 2. The average Bonchev–Trinajstić information content (AvgIpc) is 3.40. The van der Waals surface area contributed by atoms with Gasteiger partial charge in [0.1, 0.15) is 18.0 Å². The molecule has 1 amide bonds. The van der Waals surface area contributed by atoms with Gasteiger partial charge >= 0.3 is 6.18 Å². The zero-order chi connectivity index (χ0) is 29.0. The van der Waals surface area contributed by atoms with E-state index in [1.165, 1.54) is 12.1 Å². The van der Waals surface area contributed by atoms with Gasteiger partial charge in [-0.15, -0.1) is 0 Å². The van der Waals surface area contributed by atoms with Crippen molar-refractivity contribution in [2.75, 3.05) is 0 Å². The molecule has 0 fully saturated rings. The van der Waals surface area contributed by atoms with E-state index in [2.05, 4.69) is 10.4 Å². The molecule has 1 heterocycles. The molecule has 5 aromatic rings. The van der Waals surface area contributed by atoms with Crippen LogP contribution in [0, 0.1) is 0 Å². The normalized spacial score (nSPS) is 11.3. The van der Waals surface area contributed by atoms with Crippen LogP contribution in [0.1, 0.15) is 27.3 Å². The molecule has 1 N–H and O–H groups in total. The van der Waals surface area contributed by atoms with E-state index in [0.29, 0.717) is 17.9 Å². The standard InChI is InChI=1S/C31H22Cl2F3N3O2/c32-26-7-4-8-27(33)29(26)39-24(17-28(38-39)31(34,35)36)19-41-25-15-13-22(14-16-25)21-9-11-23(12-10-21)30(40)37-18-20-5-2-1-3-6-20/h1-17H,18-19H2,(H,37,40). The van der Waals surface area contributed by atoms with Gasteiger partial charge in [-0.1, -0.05) is 83.9 Å². The Balaban J connectivity index is 1.26. The predicted molar refractivity (Wildman–Crippen MR) is 152 cm³/mol. The molecule has 0 saturated carbocycles. The monoisotopic (exact) mass is 595 g/mol. The fraction of sp³-hybridized carbons (Fsp3) is 0.0968. The van der Waals surface area contributed by atoms with Crippen molar-refractivity contribution in [2.24, 2.45) is 0 Å². The first-order valence-electron chi connectivity index (χ1n) is 12.4. The Morgan fingerprint density at radius 1 is 0.829 bits per heavy atom. The van der Waals surface area contributed by atoms with Gasteiger partial charge in [0, 0.05) is 12.1 Å². The van der Waals surface area contributed by atoms with Crippen LogP contribution in [0.4, 0.5) is 13.2 Å². The first kappa shape index (κ1) is 28.3. The second kappa shape index (κ2) is 12.1. The lowest BCUT2D eigenvalue weighted by Gasteiger charge is -2.12. The molecule has 0 saturated heterocycles. The number of ether oxygens (including phenoxy) is 1. The van der Waals surface area contributed by atoms with E-state index in [0.717, 1.165) is 27.4 Å². The number of para-hydroxylation sites is 1. The molecule has 4 aromatic carbocycles. The van der Waals surface area contributed by atoms with Crippen molar-refractivity contribution in [1.29, 1.82) is 0 Å². The molecule has 0 unspecified atom stereocenters. The molecule has 0 spiro atoms. The van der Waals surface area contributed by atoms with Gasteiger partial charge in [-0.05, 0) is 59.2 Å². The highest BCUT2D eigenvalue weighted by Gasteiger charge is 2.35. The molecule has 10 heteroatoms. The fourth-order valence-corrected chi connectivity index (χ4v) is 4.70. The zero-order valence-electron chi connectivity index (χ0n) is 21.3. The number of benzene rings is 4. The van der Waals surface area contributed by atoms with Crippen molar-refractivity contribution >= 4 is 29.1 Å². The van der Waals surface area contributed by atoms with Crippen molar-refractivity contribution in [3.05, 3.63) is 136 Å². The second-order valence-corrected chi connectivity index (χ2v) is 9.87. The lowest BCUT2D eigenvalue weighted by Crippen LogP contribution is -2.22. The van der Waals surface area contributed by atoms with Crippen LogP contribution >= 0.6 is 23.2 Å². The van der Waals surface area contributed by atoms with E-state index in [-0.39, 0.29) is 33.9 Å². The summed E-state index contributed by atoms with van der Waals surface area (Å²) >= 11 is 12.5. The first-order valence-corrected chi connectivity index (χ1v) is 13.2. The van der Waals surface area contributed by atoms with Gasteiger partial charge < -0.3 is 10.1 Å². The maximum Gasteiger partial charge on any atom is 0.435 e. The van der Waals surface area contributed by atoms with Gasteiger partial charge in [0.05, 0.1) is 15.7 Å². The van der Waals surface area contributed by atoms with Crippen LogP contribution in [-0.2, 0) is 19.3 Å². The van der Waals surface area contributed by atoms with Crippen molar-refractivity contribution in [2.45, 2.75) is 19.3 Å². The summed E-state index contributed by atoms with van der Waals surface area (Å²) in [4.78, 5) is 12.5. The quantitative estimate of drug-likeness (QED) is 0.196. The number of alkyl halides is 3. The highest BCUT2D eigenvalue weighted by molar-refractivity contribution is 6.37. The number of carbonyl (C=O) groups is 1. The Bertz CT molecular complexity index is 1630. The Kier molecular flexibility index (Phi) is 8.33. The maximum atomic E-state index is 13.4. The van der Waals surface area contributed by atoms with E-state index in [9.17, 15) is 18.0 Å². The van der Waals surface area contributed by atoms with Crippen LogP contribution in [0.3, 0.4) is 0 Å². The summed E-state index contributed by atoms with van der Waals surface area (Å²) in [6.45, 7) is 0.226. The van der Waals surface area contributed by atoms with Gasteiger partial charge in [0.25, 0.3) is 5.91 Å². The SMILES string of the molecule is O=C(NCc1ccccc1)c1ccc(-c2ccc(OCc3cc(C(F)(F)F)nn3-c3c(Cl)cccc3Cl)cc2)cc1. The molecule has 208 valence electrons. The van der Waals surface area contributed by atoms with E-state index < -0.39 is 11.9 Å². The minimum absolute atomic E-state index is 0.123. The molecule has 0 aliphatic carbocycles. The number of hydrogen-bond acceptors (Lipinski definition) is 3. The average molecular weight is 596 g/mol. The van der Waals surface area contributed by atoms with Crippen LogP contribution in [0.15, 0.2) is 103 Å². The summed E-state index contributed by atoms with van der Waals surface area (Å²) in [5, 5.41) is 6.91. The van der Waals surface area contributed by atoms with Gasteiger partial charge in [-0.2, -0.15) is 18.3 Å². The van der Waals surface area contributed by atoms with Gasteiger partial charge in [-0.3, -0.25) is 4.79 Å². The topological polar surface area (TPSA) is 56.1 Å². The third-order valence-corrected chi connectivity index (χ3v) is 6.85. The number of halogens is 5. The molecule has 5 rings (SSSR count). The predicted octanol–water partition coefficient (Wildman–Crippen LogP) is 8.37. The number of rotatable bonds is 8. The van der Waals surface area contributed by atoms with Gasteiger partial charge in [0.15, 0.2) is 5.69 Å². The zero-order valence-corrected chi connectivity index (χ0v) is 22.8. The summed E-state index contributed by atoms with van der Waals surface area (Å²) in [6, 6.07) is 29.4. The number of nitrogens with one attached hydrogen (secondary N) is 1. The van der Waals surface area contributed by atoms with Crippen LogP contribution in [0.5, 0.6) is 5.75 Å². The van der Waals surface area contributed by atoms with Crippen molar-refractivity contribution in [1.82, 2.24) is 15.1 Å². The molecule has 0 radical (unpaired) electrons. The van der Waals surface area contributed by atoms with Crippen molar-refractivity contribution in [3.8, 4) is 22.6 Å². The van der Waals surface area contributed by atoms with Crippen LogP contribution in [0.2, 0.25) is 10.0 Å². The van der Waals surface area contributed by atoms with E-state index >= 15 is 0 Å². The van der Waals surface area contributed by atoms with Crippen LogP contribution in [0.25, 0.3) is 16.8 Å². The molecular weight excluding hydrogens is 574 g/mol. The summed E-state index contributed by atoms with van der Waals surface area (Å²) in [6.07, 6.45) is -4.66. The first-order chi connectivity index (χ1) is 19.7. The molecule has 41 heavy (non-hydrogen) atoms. The van der Waals surface area contributed by atoms with Crippen LogP contribution < -0.4 is 10.1 Å². The highest BCUT2D eigenvalue weighted by Crippen LogP contribution is 2.34. The Labute approximate surface area is 244 Å². The molecule has 1 aromatic heterocycles. The summed E-state index contributed by atoms with van der Waals surface area (Å²) in [5.41, 5.74) is 2.49. The third-order valence-electron chi connectivity index (χ3n) is 6.24. The molecular formula is C31H22Cl2F3N3O2. The number of amides is 1. The molecule has 0 aliphatic heterocycles. The molecule has 5 nitrogen and oxygen atoms in total. The largest absolute Gasteiger partial charge is 0.487 e. The smallest absolute Gasteiger partial charge is 0.435 e. The van der Waals surface area contributed by atoms with Crippen molar-refractivity contribution in [3.63, 3.8) is 0 Å². The number of carbonyl (C=O) groups excluding carboxylic acids is 1. The van der Waals surface area contributed by atoms with Gasteiger partial charge in [-0.25, -0.2) is 4.68 Å². The Morgan fingerprint density at radius 3 is 2.05 bits per heavy atom. The second-order valence-electron chi connectivity index (χ2n) is 9.06.